The van der Waals surface area contributed by atoms with Crippen molar-refractivity contribution in [1.82, 2.24) is 9.55 Å². The number of para-hydroxylation sites is 3. The number of nitrogens with zero attached hydrogens (tertiary/aromatic N) is 3. The molecule has 4 nitrogen and oxygen atoms in total. The van der Waals surface area contributed by atoms with Crippen molar-refractivity contribution in [2.45, 2.75) is 19.4 Å². The minimum absolute atomic E-state index is 0.109. The molecule has 156 valence electrons. The van der Waals surface area contributed by atoms with Gasteiger partial charge in [0.2, 0.25) is 5.91 Å². The highest BCUT2D eigenvalue weighted by molar-refractivity contribution is 5.96. The molecule has 4 heteroatoms. The van der Waals surface area contributed by atoms with Gasteiger partial charge in [0.05, 0.1) is 11.0 Å². The smallest absolute Gasteiger partial charge is 0.247 e. The van der Waals surface area contributed by atoms with Crippen molar-refractivity contribution >= 4 is 33.4 Å². The molecular weight excluding hydrogens is 394 g/mol. The Kier molecular flexibility index (Phi) is 4.50. The maximum atomic E-state index is 13.4. The fourth-order valence-corrected chi connectivity index (χ4v) is 4.87. The maximum absolute atomic E-state index is 13.4. The van der Waals surface area contributed by atoms with Crippen LogP contribution in [0.4, 0.5) is 5.69 Å². The lowest BCUT2D eigenvalue weighted by atomic mass is 10.0. The molecule has 1 amide bonds. The molecule has 1 aliphatic heterocycles. The lowest BCUT2D eigenvalue weighted by Gasteiger charge is -2.19. The van der Waals surface area contributed by atoms with E-state index in [-0.39, 0.29) is 12.5 Å². The van der Waals surface area contributed by atoms with Crippen molar-refractivity contribution < 1.29 is 4.79 Å². The first kappa shape index (κ1) is 18.8. The van der Waals surface area contributed by atoms with Gasteiger partial charge in [-0.25, -0.2) is 4.98 Å². The second-order valence-electron chi connectivity index (χ2n) is 8.34. The summed E-state index contributed by atoms with van der Waals surface area (Å²) in [4.78, 5) is 20.3. The monoisotopic (exact) mass is 417 g/mol. The summed E-state index contributed by atoms with van der Waals surface area (Å²) in [5.41, 5.74) is 5.43. The van der Waals surface area contributed by atoms with Gasteiger partial charge in [0.1, 0.15) is 12.4 Å². The summed E-state index contributed by atoms with van der Waals surface area (Å²) in [7, 11) is 0. The summed E-state index contributed by atoms with van der Waals surface area (Å²) >= 11 is 0. The number of rotatable bonds is 4. The Morgan fingerprint density at radius 2 is 1.62 bits per heavy atom. The Balaban J connectivity index is 1.39. The number of benzene rings is 4. The van der Waals surface area contributed by atoms with Crippen LogP contribution >= 0.6 is 0 Å². The number of carbonyl (C=O) groups is 1. The van der Waals surface area contributed by atoms with Crippen molar-refractivity contribution in [2.75, 3.05) is 11.4 Å². The van der Waals surface area contributed by atoms with E-state index in [0.29, 0.717) is 6.42 Å². The highest BCUT2D eigenvalue weighted by Crippen LogP contribution is 2.29. The van der Waals surface area contributed by atoms with Gasteiger partial charge in [0.25, 0.3) is 0 Å². The molecule has 0 radical (unpaired) electrons. The SMILES string of the molecule is O=C(Cn1c(Cc2cccc3ccccc23)nc2ccccc21)N1CCc2ccccc21. The number of fused-ring (bicyclic) bond motifs is 3. The number of carbonyl (C=O) groups excluding carboxylic acids is 1. The van der Waals surface area contributed by atoms with Gasteiger partial charge in [0, 0.05) is 18.7 Å². The molecule has 6 rings (SSSR count). The van der Waals surface area contributed by atoms with Crippen molar-refractivity contribution in [3.05, 3.63) is 108 Å². The second-order valence-corrected chi connectivity index (χ2v) is 8.34. The normalized spacial score (nSPS) is 13.1. The summed E-state index contributed by atoms with van der Waals surface area (Å²) in [6, 6.07) is 31.1. The molecular formula is C28H23N3O. The van der Waals surface area contributed by atoms with Gasteiger partial charge in [-0.1, -0.05) is 72.8 Å². The first-order chi connectivity index (χ1) is 15.8. The number of anilines is 1. The molecule has 0 saturated carbocycles. The van der Waals surface area contributed by atoms with Crippen LogP contribution in [0.5, 0.6) is 0 Å². The Morgan fingerprint density at radius 1 is 0.844 bits per heavy atom. The lowest BCUT2D eigenvalue weighted by Crippen LogP contribution is -2.32. The highest BCUT2D eigenvalue weighted by atomic mass is 16.2. The first-order valence-electron chi connectivity index (χ1n) is 11.1. The van der Waals surface area contributed by atoms with Crippen LogP contribution in [-0.4, -0.2) is 22.0 Å². The molecule has 0 saturated heterocycles. The van der Waals surface area contributed by atoms with Crippen LogP contribution in [0.2, 0.25) is 0 Å². The van der Waals surface area contributed by atoms with Crippen LogP contribution in [0.1, 0.15) is 17.0 Å². The first-order valence-corrected chi connectivity index (χ1v) is 11.1. The molecule has 32 heavy (non-hydrogen) atoms. The molecule has 2 heterocycles. The third kappa shape index (κ3) is 3.16. The molecule has 1 aromatic heterocycles. The van der Waals surface area contributed by atoms with E-state index in [1.165, 1.54) is 21.9 Å². The zero-order valence-corrected chi connectivity index (χ0v) is 17.7. The fourth-order valence-electron chi connectivity index (χ4n) is 4.87. The van der Waals surface area contributed by atoms with E-state index in [1.54, 1.807) is 0 Å². The summed E-state index contributed by atoms with van der Waals surface area (Å²) in [6.45, 7) is 1.03. The molecule has 0 N–H and O–H groups in total. The molecule has 0 bridgehead atoms. The standard InChI is InChI=1S/C28H23N3O/c32-28(30-17-16-21-9-2-5-14-25(21)30)19-31-26-15-6-4-13-24(26)29-27(31)18-22-11-7-10-20-8-1-3-12-23(20)22/h1-15H,16-19H2. The third-order valence-electron chi connectivity index (χ3n) is 6.44. The highest BCUT2D eigenvalue weighted by Gasteiger charge is 2.25. The molecule has 4 aromatic carbocycles. The van der Waals surface area contributed by atoms with Crippen LogP contribution in [-0.2, 0) is 24.2 Å². The fraction of sp³-hybridized carbons (Fsp3) is 0.143. The van der Waals surface area contributed by atoms with E-state index in [9.17, 15) is 4.79 Å². The van der Waals surface area contributed by atoms with Gasteiger partial charge in [-0.05, 0) is 46.5 Å². The van der Waals surface area contributed by atoms with Gasteiger partial charge in [-0.2, -0.15) is 0 Å². The second kappa shape index (κ2) is 7.65. The number of hydrogen-bond donors (Lipinski definition) is 0. The van der Waals surface area contributed by atoms with Crippen LogP contribution in [0.25, 0.3) is 21.8 Å². The Morgan fingerprint density at radius 3 is 2.59 bits per heavy atom. The molecule has 1 aliphatic rings. The summed E-state index contributed by atoms with van der Waals surface area (Å²) in [5, 5.41) is 2.45. The van der Waals surface area contributed by atoms with E-state index in [2.05, 4.69) is 59.2 Å². The van der Waals surface area contributed by atoms with E-state index in [4.69, 9.17) is 4.98 Å². The van der Waals surface area contributed by atoms with Crippen LogP contribution in [0, 0.1) is 0 Å². The molecule has 0 spiro atoms. The Labute approximate surface area is 186 Å². The van der Waals surface area contributed by atoms with Gasteiger partial charge in [-0.15, -0.1) is 0 Å². The molecule has 0 aliphatic carbocycles. The lowest BCUT2D eigenvalue weighted by molar-refractivity contribution is -0.119. The summed E-state index contributed by atoms with van der Waals surface area (Å²) in [6.07, 6.45) is 1.59. The van der Waals surface area contributed by atoms with Gasteiger partial charge < -0.3 is 9.47 Å². The largest absolute Gasteiger partial charge is 0.318 e. The molecule has 0 fully saturated rings. The predicted octanol–water partition coefficient (Wildman–Crippen LogP) is 5.37. The zero-order chi connectivity index (χ0) is 21.5. The van der Waals surface area contributed by atoms with Gasteiger partial charge in [-0.3, -0.25) is 4.79 Å². The van der Waals surface area contributed by atoms with Gasteiger partial charge in [0.15, 0.2) is 0 Å². The Hall–Kier alpha value is -3.92. The molecule has 5 aromatic rings. The minimum atomic E-state index is 0.109. The summed E-state index contributed by atoms with van der Waals surface area (Å²) in [5.74, 6) is 1.03. The van der Waals surface area contributed by atoms with Crippen LogP contribution in [0.15, 0.2) is 91.0 Å². The number of aromatic nitrogens is 2. The topological polar surface area (TPSA) is 38.1 Å². The van der Waals surface area contributed by atoms with Crippen molar-refractivity contribution in [3.8, 4) is 0 Å². The molecule has 0 atom stereocenters. The Bertz CT molecular complexity index is 1460. The van der Waals surface area contributed by atoms with E-state index >= 15 is 0 Å². The van der Waals surface area contributed by atoms with Crippen LogP contribution < -0.4 is 4.90 Å². The zero-order valence-electron chi connectivity index (χ0n) is 17.7. The predicted molar refractivity (Wildman–Crippen MR) is 129 cm³/mol. The molecule has 0 unspecified atom stereocenters. The number of imidazole rings is 1. The van der Waals surface area contributed by atoms with Gasteiger partial charge >= 0.3 is 0 Å². The average molecular weight is 418 g/mol. The van der Waals surface area contributed by atoms with Crippen LogP contribution in [0.3, 0.4) is 0 Å². The summed E-state index contributed by atoms with van der Waals surface area (Å²) < 4.78 is 2.10. The number of hydrogen-bond acceptors (Lipinski definition) is 2. The quantitative estimate of drug-likeness (QED) is 0.394. The average Bonchev–Trinajstić information content (AvgIpc) is 3.41. The van der Waals surface area contributed by atoms with E-state index in [0.717, 1.165) is 35.5 Å². The maximum Gasteiger partial charge on any atom is 0.247 e. The van der Waals surface area contributed by atoms with Crippen molar-refractivity contribution in [1.29, 1.82) is 0 Å². The third-order valence-corrected chi connectivity index (χ3v) is 6.44. The van der Waals surface area contributed by atoms with Crippen molar-refractivity contribution in [3.63, 3.8) is 0 Å². The van der Waals surface area contributed by atoms with Crippen molar-refractivity contribution in [2.24, 2.45) is 0 Å². The van der Waals surface area contributed by atoms with E-state index < -0.39 is 0 Å². The minimum Gasteiger partial charge on any atom is -0.318 e. The van der Waals surface area contributed by atoms with E-state index in [1.807, 2.05) is 41.3 Å². The number of amides is 1.